The molecule has 0 amide bonds. The molecular formula is C14H23N5. The van der Waals surface area contributed by atoms with Crippen LogP contribution in [0.2, 0.25) is 0 Å². The molecule has 1 saturated carbocycles. The number of hydrogen-bond acceptors (Lipinski definition) is 5. The van der Waals surface area contributed by atoms with Crippen molar-refractivity contribution in [2.45, 2.75) is 39.0 Å². The third kappa shape index (κ3) is 2.16. The molecule has 104 valence electrons. The zero-order valence-corrected chi connectivity index (χ0v) is 11.8. The molecule has 1 aromatic rings. The molecule has 1 aliphatic heterocycles. The maximum absolute atomic E-state index is 5.59. The summed E-state index contributed by atoms with van der Waals surface area (Å²) in [5.74, 6) is 9.52. The van der Waals surface area contributed by atoms with Crippen molar-refractivity contribution in [3.05, 3.63) is 11.9 Å². The Morgan fingerprint density at radius 1 is 1.26 bits per heavy atom. The fourth-order valence-electron chi connectivity index (χ4n) is 3.69. The van der Waals surface area contributed by atoms with Crippen LogP contribution in [0.25, 0.3) is 0 Å². The van der Waals surface area contributed by atoms with Gasteiger partial charge in [-0.05, 0) is 30.6 Å². The highest BCUT2D eigenvalue weighted by molar-refractivity contribution is 5.60. The number of nitrogens with zero attached hydrogens (tertiary/aromatic N) is 3. The lowest BCUT2D eigenvalue weighted by molar-refractivity contribution is 0.494. The van der Waals surface area contributed by atoms with E-state index in [1.807, 2.05) is 0 Å². The molecule has 5 nitrogen and oxygen atoms in total. The summed E-state index contributed by atoms with van der Waals surface area (Å²) in [5, 5.41) is 0. The van der Waals surface area contributed by atoms with Gasteiger partial charge in [-0.2, -0.15) is 0 Å². The lowest BCUT2D eigenvalue weighted by Gasteiger charge is -2.24. The summed E-state index contributed by atoms with van der Waals surface area (Å²) in [6.07, 6.45) is 5.78. The molecule has 19 heavy (non-hydrogen) atoms. The second-order valence-electron chi connectivity index (χ2n) is 6.11. The van der Waals surface area contributed by atoms with Gasteiger partial charge in [0.05, 0.1) is 0 Å². The highest BCUT2D eigenvalue weighted by atomic mass is 15.3. The third-order valence-corrected chi connectivity index (χ3v) is 4.60. The zero-order chi connectivity index (χ0) is 13.4. The van der Waals surface area contributed by atoms with Gasteiger partial charge in [0, 0.05) is 18.7 Å². The van der Waals surface area contributed by atoms with Crippen molar-refractivity contribution >= 4 is 11.6 Å². The van der Waals surface area contributed by atoms with Gasteiger partial charge in [-0.25, -0.2) is 15.8 Å². The van der Waals surface area contributed by atoms with E-state index in [2.05, 4.69) is 34.1 Å². The molecule has 2 aliphatic rings. The molecule has 2 unspecified atom stereocenters. The quantitative estimate of drug-likeness (QED) is 0.644. The first-order valence-electron chi connectivity index (χ1n) is 7.27. The fourth-order valence-corrected chi connectivity index (χ4v) is 3.69. The van der Waals surface area contributed by atoms with Gasteiger partial charge in [0.2, 0.25) is 0 Å². The molecule has 1 saturated heterocycles. The minimum atomic E-state index is 0.364. The highest BCUT2D eigenvalue weighted by Gasteiger charge is 2.37. The van der Waals surface area contributed by atoms with Crippen LogP contribution in [0.3, 0.4) is 0 Å². The topological polar surface area (TPSA) is 67.1 Å². The Kier molecular flexibility index (Phi) is 3.31. The Hall–Kier alpha value is -1.36. The van der Waals surface area contributed by atoms with Crippen LogP contribution < -0.4 is 16.2 Å². The van der Waals surface area contributed by atoms with Crippen molar-refractivity contribution in [2.24, 2.45) is 17.7 Å². The molecule has 0 radical (unpaired) electrons. The molecule has 2 heterocycles. The van der Waals surface area contributed by atoms with Gasteiger partial charge < -0.3 is 10.3 Å². The summed E-state index contributed by atoms with van der Waals surface area (Å²) in [6.45, 7) is 6.62. The van der Waals surface area contributed by atoms with Gasteiger partial charge in [0.1, 0.15) is 18.0 Å². The summed E-state index contributed by atoms with van der Waals surface area (Å²) in [4.78, 5) is 11.2. The first kappa shape index (κ1) is 12.7. The Labute approximate surface area is 114 Å². The van der Waals surface area contributed by atoms with Gasteiger partial charge in [-0.15, -0.1) is 0 Å². The van der Waals surface area contributed by atoms with Gasteiger partial charge >= 0.3 is 0 Å². The first-order valence-corrected chi connectivity index (χ1v) is 7.27. The maximum Gasteiger partial charge on any atom is 0.148 e. The standard InChI is InChI=1S/C14H23N5/c1-9(2)12-13(18-15)16-8-17-14(12)19-6-10-4-3-5-11(10)7-19/h8-11H,3-7,15H2,1-2H3,(H,16,17,18). The van der Waals surface area contributed by atoms with Gasteiger partial charge in [0.25, 0.3) is 0 Å². The first-order chi connectivity index (χ1) is 9.20. The van der Waals surface area contributed by atoms with E-state index < -0.39 is 0 Å². The minimum absolute atomic E-state index is 0.364. The smallest absolute Gasteiger partial charge is 0.148 e. The number of hydrazine groups is 1. The second-order valence-corrected chi connectivity index (χ2v) is 6.11. The Morgan fingerprint density at radius 3 is 2.53 bits per heavy atom. The van der Waals surface area contributed by atoms with Crippen molar-refractivity contribution in [2.75, 3.05) is 23.4 Å². The summed E-state index contributed by atoms with van der Waals surface area (Å²) in [6, 6.07) is 0. The van der Waals surface area contributed by atoms with Crippen LogP contribution >= 0.6 is 0 Å². The predicted octanol–water partition coefficient (Wildman–Crippen LogP) is 2.12. The number of rotatable bonds is 3. The van der Waals surface area contributed by atoms with E-state index >= 15 is 0 Å². The third-order valence-electron chi connectivity index (χ3n) is 4.60. The van der Waals surface area contributed by atoms with E-state index in [0.29, 0.717) is 5.92 Å². The average Bonchev–Trinajstić information content (AvgIpc) is 2.98. The molecule has 1 aliphatic carbocycles. The van der Waals surface area contributed by atoms with Crippen molar-refractivity contribution < 1.29 is 0 Å². The fraction of sp³-hybridized carbons (Fsp3) is 0.714. The zero-order valence-electron chi connectivity index (χ0n) is 11.8. The Morgan fingerprint density at radius 2 is 1.95 bits per heavy atom. The molecule has 0 bridgehead atoms. The number of nitrogens with two attached hydrogens (primary N) is 1. The normalized spacial score (nSPS) is 26.0. The molecule has 5 heteroatoms. The molecule has 2 atom stereocenters. The van der Waals surface area contributed by atoms with Crippen molar-refractivity contribution in [3.63, 3.8) is 0 Å². The van der Waals surface area contributed by atoms with Gasteiger partial charge in [0.15, 0.2) is 0 Å². The van der Waals surface area contributed by atoms with Crippen LogP contribution in [-0.2, 0) is 0 Å². The summed E-state index contributed by atoms with van der Waals surface area (Å²) < 4.78 is 0. The summed E-state index contributed by atoms with van der Waals surface area (Å²) in [7, 11) is 0. The van der Waals surface area contributed by atoms with E-state index in [-0.39, 0.29) is 0 Å². The van der Waals surface area contributed by atoms with Crippen molar-refractivity contribution in [3.8, 4) is 0 Å². The monoisotopic (exact) mass is 261 g/mol. The molecule has 2 fully saturated rings. The van der Waals surface area contributed by atoms with Crippen molar-refractivity contribution in [1.82, 2.24) is 9.97 Å². The number of nitrogens with one attached hydrogen (secondary N) is 1. The van der Waals surface area contributed by atoms with E-state index in [4.69, 9.17) is 5.84 Å². The molecule has 3 rings (SSSR count). The molecule has 1 aromatic heterocycles. The Bertz CT molecular complexity index is 447. The van der Waals surface area contributed by atoms with Crippen LogP contribution in [0, 0.1) is 11.8 Å². The maximum atomic E-state index is 5.59. The van der Waals surface area contributed by atoms with Crippen LogP contribution in [-0.4, -0.2) is 23.1 Å². The number of hydrogen-bond donors (Lipinski definition) is 2. The Balaban J connectivity index is 1.92. The van der Waals surface area contributed by atoms with Crippen LogP contribution in [0.1, 0.15) is 44.6 Å². The lowest BCUT2D eigenvalue weighted by atomic mass is 10.0. The molecule has 0 aromatic carbocycles. The van der Waals surface area contributed by atoms with E-state index in [1.165, 1.54) is 19.3 Å². The number of anilines is 2. The average molecular weight is 261 g/mol. The number of aromatic nitrogens is 2. The van der Waals surface area contributed by atoms with E-state index in [1.54, 1.807) is 6.33 Å². The second kappa shape index (κ2) is 4.96. The molecule has 3 N–H and O–H groups in total. The van der Waals surface area contributed by atoms with Gasteiger partial charge in [-0.3, -0.25) is 0 Å². The minimum Gasteiger partial charge on any atom is -0.356 e. The number of nitrogen functional groups attached to an aromatic ring is 1. The van der Waals surface area contributed by atoms with Crippen LogP contribution in [0.4, 0.5) is 11.6 Å². The molecular weight excluding hydrogens is 238 g/mol. The largest absolute Gasteiger partial charge is 0.356 e. The van der Waals surface area contributed by atoms with E-state index in [0.717, 1.165) is 42.1 Å². The highest BCUT2D eigenvalue weighted by Crippen LogP contribution is 2.41. The van der Waals surface area contributed by atoms with E-state index in [9.17, 15) is 0 Å². The van der Waals surface area contributed by atoms with Gasteiger partial charge in [-0.1, -0.05) is 20.3 Å². The van der Waals surface area contributed by atoms with Crippen LogP contribution in [0.15, 0.2) is 6.33 Å². The summed E-state index contributed by atoms with van der Waals surface area (Å²) in [5.41, 5.74) is 3.86. The van der Waals surface area contributed by atoms with Crippen LogP contribution in [0.5, 0.6) is 0 Å². The number of fused-ring (bicyclic) bond motifs is 1. The predicted molar refractivity (Wildman–Crippen MR) is 77.0 cm³/mol. The lowest BCUT2D eigenvalue weighted by Crippen LogP contribution is -2.25. The van der Waals surface area contributed by atoms with Crippen molar-refractivity contribution in [1.29, 1.82) is 0 Å². The SMILES string of the molecule is CC(C)c1c(NN)ncnc1N1CC2CCCC2C1. The molecule has 0 spiro atoms. The summed E-state index contributed by atoms with van der Waals surface area (Å²) >= 11 is 0.